The summed E-state index contributed by atoms with van der Waals surface area (Å²) in [6.45, 7) is 0. The van der Waals surface area contributed by atoms with Crippen molar-refractivity contribution < 1.29 is 19.3 Å². The molecule has 2 saturated heterocycles. The van der Waals surface area contributed by atoms with Crippen molar-refractivity contribution in [2.45, 2.75) is 12.1 Å². The molecule has 6 rings (SSSR count). The smallest absolute Gasteiger partial charge is 0.269 e. The maximum absolute atomic E-state index is 13.8. The number of anilines is 2. The number of pyridine rings is 1. The minimum atomic E-state index is -1.10. The number of nitro groups is 1. The molecule has 0 unspecified atom stereocenters. The fraction of sp³-hybridized carbons (Fsp3) is 0.115. The lowest BCUT2D eigenvalue weighted by Gasteiger charge is -2.29. The first-order chi connectivity index (χ1) is 17.4. The number of carbonyl (C=O) groups excluding carboxylic acids is 2. The molecule has 36 heavy (non-hydrogen) atoms. The lowest BCUT2D eigenvalue weighted by Crippen LogP contribution is -2.37. The first kappa shape index (κ1) is 22.1. The molecule has 1 aromatic heterocycles. The third-order valence-corrected chi connectivity index (χ3v) is 6.77. The van der Waals surface area contributed by atoms with Crippen LogP contribution in [0.5, 0.6) is 0 Å². The Labute approximate surface area is 209 Å². The number of nitro benzene ring substituents is 1. The zero-order valence-electron chi connectivity index (χ0n) is 18.5. The number of non-ortho nitro benzene ring substituents is 1. The summed E-state index contributed by atoms with van der Waals surface area (Å²) < 4.78 is 0. The summed E-state index contributed by atoms with van der Waals surface area (Å²) in [7, 11) is 0. The van der Waals surface area contributed by atoms with E-state index in [1.165, 1.54) is 24.3 Å². The van der Waals surface area contributed by atoms with Crippen molar-refractivity contribution in [1.29, 1.82) is 0 Å². The maximum Gasteiger partial charge on any atom is 0.269 e. The standard InChI is InChI=1S/C26H17ClN4O5/c27-24-19(14-15-6-4-5-9-20(15)28-24)22-21-23(36-30(22)17-7-2-1-3-8-17)26(33)29(25(21)32)16-10-12-18(13-11-16)31(34)35/h1-14,21-23H/t21-,22+,23+/m1/s1. The van der Waals surface area contributed by atoms with Gasteiger partial charge >= 0.3 is 0 Å². The van der Waals surface area contributed by atoms with Gasteiger partial charge in [0.25, 0.3) is 11.6 Å². The predicted molar refractivity (Wildman–Crippen MR) is 132 cm³/mol. The number of hydrogen-bond donors (Lipinski definition) is 0. The highest BCUT2D eigenvalue weighted by Gasteiger charge is 2.60. The first-order valence-electron chi connectivity index (χ1n) is 11.1. The predicted octanol–water partition coefficient (Wildman–Crippen LogP) is 4.85. The van der Waals surface area contributed by atoms with E-state index < -0.39 is 34.8 Å². The molecule has 2 amide bonds. The van der Waals surface area contributed by atoms with E-state index in [4.69, 9.17) is 16.4 Å². The molecular weight excluding hydrogens is 484 g/mol. The van der Waals surface area contributed by atoms with E-state index >= 15 is 0 Å². The molecule has 0 bridgehead atoms. The number of hydrogen-bond acceptors (Lipinski definition) is 7. The van der Waals surface area contributed by atoms with E-state index in [2.05, 4.69) is 4.98 Å². The summed E-state index contributed by atoms with van der Waals surface area (Å²) in [5, 5.41) is 13.6. The molecule has 0 spiro atoms. The second-order valence-corrected chi connectivity index (χ2v) is 8.86. The van der Waals surface area contributed by atoms with Crippen LogP contribution in [-0.2, 0) is 14.4 Å². The third-order valence-electron chi connectivity index (χ3n) is 6.47. The number of halogens is 1. The van der Waals surface area contributed by atoms with Gasteiger partial charge in [-0.3, -0.25) is 24.5 Å². The van der Waals surface area contributed by atoms with Crippen molar-refractivity contribution in [1.82, 2.24) is 4.98 Å². The molecule has 3 aromatic carbocycles. The molecule has 3 atom stereocenters. The molecule has 2 aliphatic rings. The second-order valence-electron chi connectivity index (χ2n) is 8.50. The molecule has 0 saturated carbocycles. The molecule has 0 radical (unpaired) electrons. The number of rotatable bonds is 4. The maximum atomic E-state index is 13.8. The average molecular weight is 501 g/mol. The fourth-order valence-electron chi connectivity index (χ4n) is 4.82. The lowest BCUT2D eigenvalue weighted by atomic mass is 9.90. The van der Waals surface area contributed by atoms with Crippen molar-refractivity contribution >= 4 is 51.4 Å². The average Bonchev–Trinajstić information content (AvgIpc) is 3.40. The van der Waals surface area contributed by atoms with Crippen LogP contribution in [0.2, 0.25) is 5.15 Å². The summed E-state index contributed by atoms with van der Waals surface area (Å²) in [6, 6.07) is 23.0. The van der Waals surface area contributed by atoms with Gasteiger partial charge in [-0.1, -0.05) is 48.0 Å². The van der Waals surface area contributed by atoms with E-state index in [0.717, 1.165) is 10.3 Å². The van der Waals surface area contributed by atoms with Crippen molar-refractivity contribution in [2.75, 3.05) is 9.96 Å². The summed E-state index contributed by atoms with van der Waals surface area (Å²) in [5.74, 6) is -1.94. The van der Waals surface area contributed by atoms with Gasteiger partial charge in [-0.25, -0.2) is 14.9 Å². The van der Waals surface area contributed by atoms with Gasteiger partial charge in [0.1, 0.15) is 11.1 Å². The first-order valence-corrected chi connectivity index (χ1v) is 11.5. The van der Waals surface area contributed by atoms with E-state index in [0.29, 0.717) is 16.8 Å². The van der Waals surface area contributed by atoms with Crippen LogP contribution in [0.3, 0.4) is 0 Å². The van der Waals surface area contributed by atoms with Gasteiger partial charge in [-0.15, -0.1) is 0 Å². The molecule has 10 heteroatoms. The minimum Gasteiger partial charge on any atom is -0.273 e. The summed E-state index contributed by atoms with van der Waals surface area (Å²) in [6.07, 6.45) is -1.10. The number of para-hydroxylation sites is 2. The quantitative estimate of drug-likeness (QED) is 0.171. The monoisotopic (exact) mass is 500 g/mol. The van der Waals surface area contributed by atoms with Gasteiger partial charge in [0, 0.05) is 23.1 Å². The van der Waals surface area contributed by atoms with Crippen molar-refractivity contribution in [2.24, 2.45) is 5.92 Å². The zero-order chi connectivity index (χ0) is 25.0. The molecule has 0 aliphatic carbocycles. The summed E-state index contributed by atoms with van der Waals surface area (Å²) in [4.78, 5) is 49.4. The highest BCUT2D eigenvalue weighted by atomic mass is 35.5. The Morgan fingerprint density at radius 1 is 0.889 bits per heavy atom. The van der Waals surface area contributed by atoms with Gasteiger partial charge in [-0.2, -0.15) is 0 Å². The molecule has 0 N–H and O–H groups in total. The van der Waals surface area contributed by atoms with Gasteiger partial charge in [-0.05, 0) is 36.4 Å². The molecule has 2 fully saturated rings. The Hall–Kier alpha value is -4.34. The SMILES string of the molecule is O=C1[C@H]2[C@H](ON(c3ccccc3)[C@H]2c2cc3ccccc3nc2Cl)C(=O)N1c1ccc([N+](=O)[O-])cc1. The van der Waals surface area contributed by atoms with Crippen LogP contribution >= 0.6 is 11.6 Å². The Balaban J connectivity index is 1.46. The number of benzene rings is 3. The minimum absolute atomic E-state index is 0.142. The highest BCUT2D eigenvalue weighted by molar-refractivity contribution is 6.31. The van der Waals surface area contributed by atoms with Crippen LogP contribution < -0.4 is 9.96 Å². The largest absolute Gasteiger partial charge is 0.273 e. The number of amides is 2. The fourth-order valence-corrected chi connectivity index (χ4v) is 5.08. The molecule has 9 nitrogen and oxygen atoms in total. The number of nitrogens with zero attached hydrogens (tertiary/aromatic N) is 4. The second kappa shape index (κ2) is 8.40. The van der Waals surface area contributed by atoms with Crippen molar-refractivity contribution in [3.05, 3.63) is 106 Å². The number of fused-ring (bicyclic) bond motifs is 2. The van der Waals surface area contributed by atoms with E-state index in [9.17, 15) is 19.7 Å². The van der Waals surface area contributed by atoms with Crippen molar-refractivity contribution in [3.8, 4) is 0 Å². The van der Waals surface area contributed by atoms with Gasteiger partial charge < -0.3 is 0 Å². The Kier molecular flexibility index (Phi) is 5.17. The lowest BCUT2D eigenvalue weighted by molar-refractivity contribution is -0.384. The number of carbonyl (C=O) groups is 2. The molecule has 2 aliphatic heterocycles. The number of imide groups is 1. The Bertz CT molecular complexity index is 1530. The topological polar surface area (TPSA) is 106 Å². The zero-order valence-corrected chi connectivity index (χ0v) is 19.3. The Morgan fingerprint density at radius 3 is 2.31 bits per heavy atom. The van der Waals surface area contributed by atoms with Crippen LogP contribution in [0.1, 0.15) is 11.6 Å². The molecule has 3 heterocycles. The third kappa shape index (κ3) is 3.40. The van der Waals surface area contributed by atoms with Crippen LogP contribution in [0, 0.1) is 16.0 Å². The van der Waals surface area contributed by atoms with E-state index in [1.54, 1.807) is 5.06 Å². The number of aromatic nitrogens is 1. The van der Waals surface area contributed by atoms with Crippen LogP contribution in [0.15, 0.2) is 84.9 Å². The highest BCUT2D eigenvalue weighted by Crippen LogP contribution is 2.49. The summed E-state index contributed by atoms with van der Waals surface area (Å²) >= 11 is 6.64. The van der Waals surface area contributed by atoms with Gasteiger partial charge in [0.05, 0.1) is 27.9 Å². The Morgan fingerprint density at radius 2 is 1.58 bits per heavy atom. The van der Waals surface area contributed by atoms with Gasteiger partial charge in [0.15, 0.2) is 6.10 Å². The van der Waals surface area contributed by atoms with Crippen LogP contribution in [0.4, 0.5) is 17.1 Å². The van der Waals surface area contributed by atoms with Gasteiger partial charge in [0.2, 0.25) is 5.91 Å². The normalized spacial score (nSPS) is 21.3. The summed E-state index contributed by atoms with van der Waals surface area (Å²) in [5.41, 5.74) is 2.01. The van der Waals surface area contributed by atoms with Crippen LogP contribution in [-0.4, -0.2) is 27.8 Å². The molecular formula is C26H17ClN4O5. The molecule has 178 valence electrons. The van der Waals surface area contributed by atoms with E-state index in [1.807, 2.05) is 60.7 Å². The van der Waals surface area contributed by atoms with E-state index in [-0.39, 0.29) is 16.5 Å². The number of hydroxylamine groups is 1. The van der Waals surface area contributed by atoms with Crippen molar-refractivity contribution in [3.63, 3.8) is 0 Å². The molecule has 4 aromatic rings. The van der Waals surface area contributed by atoms with Crippen LogP contribution in [0.25, 0.3) is 10.9 Å².